The Kier molecular flexibility index (Phi) is 48.5. The Morgan fingerprint density at radius 3 is 1.06 bits per heavy atom. The van der Waals surface area contributed by atoms with Crippen molar-refractivity contribution in [1.29, 1.82) is 0 Å². The number of carbonyl (C=O) groups is 3. The molecule has 0 aromatic heterocycles. The average Bonchev–Trinajstić information content (AvgIpc) is 3.28. The second-order valence-electron chi connectivity index (χ2n) is 17.1. The maximum atomic E-state index is 12.7. The van der Waals surface area contributed by atoms with Gasteiger partial charge in [-0.05, 0) is 83.5 Å². The highest BCUT2D eigenvalue weighted by Crippen LogP contribution is 2.14. The highest BCUT2D eigenvalue weighted by Gasteiger charge is 2.19. The van der Waals surface area contributed by atoms with Gasteiger partial charge in [-0.2, -0.15) is 0 Å². The minimum Gasteiger partial charge on any atom is -0.462 e. The largest absolute Gasteiger partial charge is 0.462 e. The van der Waals surface area contributed by atoms with Crippen molar-refractivity contribution < 1.29 is 28.6 Å². The fraction of sp³-hybridized carbons (Fsp3) is 0.702. The van der Waals surface area contributed by atoms with Gasteiger partial charge in [-0.1, -0.05) is 221 Å². The van der Waals surface area contributed by atoms with Gasteiger partial charge in [0.1, 0.15) is 13.2 Å². The van der Waals surface area contributed by atoms with Gasteiger partial charge in [-0.25, -0.2) is 0 Å². The first-order chi connectivity index (χ1) is 31.0. The standard InChI is InChI=1S/C57H96O6/c1-4-7-10-13-16-19-22-25-26-27-28-29-30-33-35-38-41-44-47-50-56(59)62-53-54(63-57(60)51-48-45-42-39-36-32-24-21-18-15-12-9-6-3)52-61-55(58)49-46-43-40-37-34-31-23-20-17-14-11-8-5-2/h9,12,16,18-19,21,25-26,28-29,32,36,42,45,54H,4-8,10-11,13-15,17,20,22-24,27,30-31,33-35,37-41,43-44,46-53H2,1-3H3/b12-9-,19-16-,21-18-,26-25-,29-28-,36-32-,45-42-. The van der Waals surface area contributed by atoms with Crippen molar-refractivity contribution in [2.75, 3.05) is 13.2 Å². The summed E-state index contributed by atoms with van der Waals surface area (Å²) in [6.07, 6.45) is 65.8. The van der Waals surface area contributed by atoms with Crippen LogP contribution in [-0.4, -0.2) is 37.2 Å². The summed E-state index contributed by atoms with van der Waals surface area (Å²) in [6, 6.07) is 0. The highest BCUT2D eigenvalue weighted by atomic mass is 16.6. The van der Waals surface area contributed by atoms with Crippen LogP contribution in [0.15, 0.2) is 85.1 Å². The molecule has 0 amide bonds. The Morgan fingerprint density at radius 1 is 0.333 bits per heavy atom. The molecule has 0 aromatic rings. The molecule has 0 N–H and O–H groups in total. The topological polar surface area (TPSA) is 78.9 Å². The normalized spacial score (nSPS) is 12.7. The molecule has 0 bridgehead atoms. The Balaban J connectivity index is 4.45. The van der Waals surface area contributed by atoms with Crippen molar-refractivity contribution in [1.82, 2.24) is 0 Å². The second-order valence-corrected chi connectivity index (χ2v) is 17.1. The van der Waals surface area contributed by atoms with Crippen LogP contribution in [0.25, 0.3) is 0 Å². The summed E-state index contributed by atoms with van der Waals surface area (Å²) in [5, 5.41) is 0. The zero-order valence-corrected chi connectivity index (χ0v) is 41.1. The first-order valence-corrected chi connectivity index (χ1v) is 26.1. The van der Waals surface area contributed by atoms with Crippen molar-refractivity contribution in [3.63, 3.8) is 0 Å². The first-order valence-electron chi connectivity index (χ1n) is 26.1. The van der Waals surface area contributed by atoms with Crippen LogP contribution in [0.3, 0.4) is 0 Å². The Hall–Kier alpha value is -3.41. The van der Waals surface area contributed by atoms with Crippen LogP contribution in [0.1, 0.15) is 239 Å². The van der Waals surface area contributed by atoms with E-state index in [1.54, 1.807) is 0 Å². The van der Waals surface area contributed by atoms with Gasteiger partial charge in [-0.3, -0.25) is 14.4 Å². The van der Waals surface area contributed by atoms with E-state index < -0.39 is 12.1 Å². The molecule has 0 aliphatic carbocycles. The minimum absolute atomic E-state index is 0.108. The van der Waals surface area contributed by atoms with Gasteiger partial charge < -0.3 is 14.2 Å². The van der Waals surface area contributed by atoms with Crippen molar-refractivity contribution >= 4 is 17.9 Å². The fourth-order valence-electron chi connectivity index (χ4n) is 6.99. The molecule has 6 heteroatoms. The SMILES string of the molecule is CC/C=C\C/C=C\C/C=C\C/C=C\CCC(=O)OC(COC(=O)CCCCCCCC/C=C\C/C=C\C/C=C\CCCCC)COC(=O)CCCCCCCCCCCCCCC. The molecule has 0 aromatic carbocycles. The number of hydrogen-bond acceptors (Lipinski definition) is 6. The number of hydrogen-bond donors (Lipinski definition) is 0. The van der Waals surface area contributed by atoms with E-state index in [0.717, 1.165) is 89.9 Å². The second kappa shape index (κ2) is 51.2. The van der Waals surface area contributed by atoms with Crippen LogP contribution in [0.5, 0.6) is 0 Å². The number of unbranched alkanes of at least 4 members (excludes halogenated alkanes) is 21. The molecule has 0 saturated carbocycles. The molecule has 0 radical (unpaired) electrons. The zero-order chi connectivity index (χ0) is 45.8. The molecular formula is C57H96O6. The number of esters is 3. The van der Waals surface area contributed by atoms with Crippen LogP contribution < -0.4 is 0 Å². The molecule has 0 aliphatic rings. The van der Waals surface area contributed by atoms with Gasteiger partial charge in [0.05, 0.1) is 0 Å². The van der Waals surface area contributed by atoms with E-state index in [9.17, 15) is 14.4 Å². The lowest BCUT2D eigenvalue weighted by atomic mass is 10.0. The summed E-state index contributed by atoms with van der Waals surface area (Å²) in [6.45, 7) is 6.42. The van der Waals surface area contributed by atoms with E-state index in [1.165, 1.54) is 103 Å². The summed E-state index contributed by atoms with van der Waals surface area (Å²) in [4.78, 5) is 37.9. The average molecular weight is 877 g/mol. The third-order valence-corrected chi connectivity index (χ3v) is 10.9. The zero-order valence-electron chi connectivity index (χ0n) is 41.1. The smallest absolute Gasteiger partial charge is 0.306 e. The Morgan fingerprint density at radius 2 is 0.651 bits per heavy atom. The fourth-order valence-corrected chi connectivity index (χ4v) is 6.99. The quantitative estimate of drug-likeness (QED) is 0.0262. The summed E-state index contributed by atoms with van der Waals surface area (Å²) < 4.78 is 16.7. The lowest BCUT2D eigenvalue weighted by Gasteiger charge is -2.18. The van der Waals surface area contributed by atoms with Crippen molar-refractivity contribution in [3.8, 4) is 0 Å². The van der Waals surface area contributed by atoms with Gasteiger partial charge in [0, 0.05) is 19.3 Å². The molecule has 1 unspecified atom stereocenters. The first kappa shape index (κ1) is 59.6. The van der Waals surface area contributed by atoms with E-state index in [4.69, 9.17) is 14.2 Å². The maximum Gasteiger partial charge on any atom is 0.306 e. The molecule has 0 spiro atoms. The number of rotatable bonds is 46. The number of allylic oxidation sites excluding steroid dienone is 14. The molecule has 0 heterocycles. The summed E-state index contributed by atoms with van der Waals surface area (Å²) in [7, 11) is 0. The molecule has 0 aliphatic heterocycles. The molecule has 63 heavy (non-hydrogen) atoms. The third-order valence-electron chi connectivity index (χ3n) is 10.9. The van der Waals surface area contributed by atoms with E-state index >= 15 is 0 Å². The molecule has 0 fully saturated rings. The number of ether oxygens (including phenoxy) is 3. The summed E-state index contributed by atoms with van der Waals surface area (Å²) in [5.74, 6) is -1.00. The number of carbonyl (C=O) groups excluding carboxylic acids is 3. The van der Waals surface area contributed by atoms with Crippen molar-refractivity contribution in [3.05, 3.63) is 85.1 Å². The van der Waals surface area contributed by atoms with Gasteiger partial charge in [-0.15, -0.1) is 0 Å². The van der Waals surface area contributed by atoms with E-state index in [-0.39, 0.29) is 31.6 Å². The highest BCUT2D eigenvalue weighted by molar-refractivity contribution is 5.71. The molecule has 6 nitrogen and oxygen atoms in total. The van der Waals surface area contributed by atoms with E-state index in [0.29, 0.717) is 19.3 Å². The molecule has 1 atom stereocenters. The van der Waals surface area contributed by atoms with Gasteiger partial charge in [0.25, 0.3) is 0 Å². The minimum atomic E-state index is -0.818. The summed E-state index contributed by atoms with van der Waals surface area (Å²) >= 11 is 0. The Labute approximate surface area is 388 Å². The monoisotopic (exact) mass is 877 g/mol. The molecule has 360 valence electrons. The molecule has 0 rings (SSSR count). The van der Waals surface area contributed by atoms with Crippen LogP contribution >= 0.6 is 0 Å². The Bertz CT molecular complexity index is 1240. The lowest BCUT2D eigenvalue weighted by Crippen LogP contribution is -2.30. The van der Waals surface area contributed by atoms with Crippen LogP contribution in [-0.2, 0) is 28.6 Å². The van der Waals surface area contributed by atoms with Crippen molar-refractivity contribution in [2.24, 2.45) is 0 Å². The van der Waals surface area contributed by atoms with Crippen molar-refractivity contribution in [2.45, 2.75) is 245 Å². The van der Waals surface area contributed by atoms with Crippen LogP contribution in [0.2, 0.25) is 0 Å². The predicted molar refractivity (Wildman–Crippen MR) is 270 cm³/mol. The lowest BCUT2D eigenvalue weighted by molar-refractivity contribution is -0.166. The maximum absolute atomic E-state index is 12.7. The summed E-state index contributed by atoms with van der Waals surface area (Å²) in [5.41, 5.74) is 0. The van der Waals surface area contributed by atoms with E-state index in [2.05, 4.69) is 93.7 Å². The van der Waals surface area contributed by atoms with Crippen LogP contribution in [0.4, 0.5) is 0 Å². The third kappa shape index (κ3) is 49.5. The predicted octanol–water partition coefficient (Wildman–Crippen LogP) is 17.2. The molecule has 0 saturated heterocycles. The van der Waals surface area contributed by atoms with Gasteiger partial charge in [0.2, 0.25) is 0 Å². The van der Waals surface area contributed by atoms with Crippen LogP contribution in [0, 0.1) is 0 Å². The molecular weight excluding hydrogens is 781 g/mol. The van der Waals surface area contributed by atoms with Gasteiger partial charge >= 0.3 is 17.9 Å². The van der Waals surface area contributed by atoms with E-state index in [1.807, 2.05) is 12.2 Å². The van der Waals surface area contributed by atoms with Gasteiger partial charge in [0.15, 0.2) is 6.10 Å².